The third-order valence-corrected chi connectivity index (χ3v) is 7.00. The van der Waals surface area contributed by atoms with Crippen molar-refractivity contribution < 1.29 is 13.2 Å². The first kappa shape index (κ1) is 23.9. The molecule has 2 N–H and O–H groups in total. The van der Waals surface area contributed by atoms with Crippen molar-refractivity contribution in [2.24, 2.45) is 16.3 Å². The SMILES string of the molecule is CN=C(NCCS(=O)(=O)N1CCOCC1)NCC1(CC(C)C)CCC1.I. The van der Waals surface area contributed by atoms with Crippen molar-refractivity contribution in [3.8, 4) is 0 Å². The lowest BCUT2D eigenvalue weighted by Crippen LogP contribution is -2.48. The first-order valence-electron chi connectivity index (χ1n) is 9.37. The second kappa shape index (κ2) is 11.0. The normalized spacial score (nSPS) is 21.0. The van der Waals surface area contributed by atoms with Gasteiger partial charge < -0.3 is 15.4 Å². The van der Waals surface area contributed by atoms with Crippen LogP contribution in [-0.2, 0) is 14.8 Å². The van der Waals surface area contributed by atoms with Crippen LogP contribution >= 0.6 is 24.0 Å². The number of morpholine rings is 1. The van der Waals surface area contributed by atoms with Crippen LogP contribution in [0.4, 0.5) is 0 Å². The summed E-state index contributed by atoms with van der Waals surface area (Å²) >= 11 is 0. The summed E-state index contributed by atoms with van der Waals surface area (Å²) in [6.07, 6.45) is 5.06. The van der Waals surface area contributed by atoms with Gasteiger partial charge in [0.15, 0.2) is 5.96 Å². The molecule has 2 rings (SSSR count). The minimum atomic E-state index is -3.23. The van der Waals surface area contributed by atoms with Gasteiger partial charge in [-0.15, -0.1) is 24.0 Å². The van der Waals surface area contributed by atoms with Crippen LogP contribution in [-0.4, -0.2) is 70.9 Å². The molecule has 7 nitrogen and oxygen atoms in total. The zero-order valence-electron chi connectivity index (χ0n) is 16.3. The highest BCUT2D eigenvalue weighted by atomic mass is 127. The first-order valence-corrected chi connectivity index (χ1v) is 11.0. The van der Waals surface area contributed by atoms with E-state index in [1.807, 2.05) is 0 Å². The van der Waals surface area contributed by atoms with Gasteiger partial charge in [-0.1, -0.05) is 20.3 Å². The number of hydrogen-bond acceptors (Lipinski definition) is 4. The Bertz CT molecular complexity index is 544. The van der Waals surface area contributed by atoms with Crippen LogP contribution in [0.15, 0.2) is 4.99 Å². The molecule has 0 atom stereocenters. The van der Waals surface area contributed by atoms with E-state index in [4.69, 9.17) is 4.74 Å². The fourth-order valence-electron chi connectivity index (χ4n) is 3.74. The topological polar surface area (TPSA) is 83.0 Å². The molecule has 0 spiro atoms. The van der Waals surface area contributed by atoms with Gasteiger partial charge in [0.05, 0.1) is 19.0 Å². The fraction of sp³-hybridized carbons (Fsp3) is 0.941. The second-order valence-electron chi connectivity index (χ2n) is 7.63. The third-order valence-electron chi connectivity index (χ3n) is 5.13. The lowest BCUT2D eigenvalue weighted by atomic mass is 9.64. The molecular weight excluding hydrogens is 467 g/mol. The number of guanidine groups is 1. The molecule has 1 heterocycles. The van der Waals surface area contributed by atoms with E-state index in [0.29, 0.717) is 50.1 Å². The van der Waals surface area contributed by atoms with Crippen LogP contribution in [0.5, 0.6) is 0 Å². The molecule has 1 saturated carbocycles. The Morgan fingerprint density at radius 3 is 2.38 bits per heavy atom. The third kappa shape index (κ3) is 7.12. The van der Waals surface area contributed by atoms with Gasteiger partial charge in [-0.3, -0.25) is 4.99 Å². The molecule has 0 bridgehead atoms. The highest BCUT2D eigenvalue weighted by molar-refractivity contribution is 14.0. The van der Waals surface area contributed by atoms with E-state index in [1.165, 1.54) is 30.0 Å². The van der Waals surface area contributed by atoms with Crippen LogP contribution < -0.4 is 10.6 Å². The summed E-state index contributed by atoms with van der Waals surface area (Å²) in [7, 11) is -1.51. The Labute approximate surface area is 175 Å². The predicted octanol–water partition coefficient (Wildman–Crippen LogP) is 1.65. The predicted molar refractivity (Wildman–Crippen MR) is 117 cm³/mol. The van der Waals surface area contributed by atoms with E-state index < -0.39 is 10.0 Å². The van der Waals surface area contributed by atoms with Crippen molar-refractivity contribution in [3.63, 3.8) is 0 Å². The van der Waals surface area contributed by atoms with Crippen LogP contribution in [0.1, 0.15) is 39.5 Å². The number of nitrogens with one attached hydrogen (secondary N) is 2. The molecule has 1 aliphatic carbocycles. The van der Waals surface area contributed by atoms with Gasteiger partial charge in [0.2, 0.25) is 10.0 Å². The molecule has 0 amide bonds. The molecular formula is C17H35IN4O3S. The molecule has 1 aliphatic heterocycles. The number of nitrogens with zero attached hydrogens (tertiary/aromatic N) is 2. The van der Waals surface area contributed by atoms with Gasteiger partial charge in [0.25, 0.3) is 0 Å². The Morgan fingerprint density at radius 2 is 1.88 bits per heavy atom. The van der Waals surface area contributed by atoms with Gasteiger partial charge in [-0.25, -0.2) is 8.42 Å². The summed E-state index contributed by atoms with van der Waals surface area (Å²) in [5.74, 6) is 1.45. The molecule has 26 heavy (non-hydrogen) atoms. The highest BCUT2D eigenvalue weighted by Gasteiger charge is 2.37. The molecule has 0 aromatic carbocycles. The minimum Gasteiger partial charge on any atom is -0.379 e. The number of ether oxygens (including phenoxy) is 1. The molecule has 154 valence electrons. The number of halogens is 1. The van der Waals surface area contributed by atoms with Crippen molar-refractivity contribution >= 4 is 40.0 Å². The Morgan fingerprint density at radius 1 is 1.23 bits per heavy atom. The van der Waals surface area contributed by atoms with Gasteiger partial charge in [0, 0.05) is 33.2 Å². The van der Waals surface area contributed by atoms with Gasteiger partial charge in [-0.05, 0) is 30.6 Å². The second-order valence-corrected chi connectivity index (χ2v) is 9.72. The van der Waals surface area contributed by atoms with Crippen LogP contribution in [0, 0.1) is 11.3 Å². The van der Waals surface area contributed by atoms with Crippen molar-refractivity contribution in [1.29, 1.82) is 0 Å². The molecule has 2 fully saturated rings. The van der Waals surface area contributed by atoms with E-state index >= 15 is 0 Å². The smallest absolute Gasteiger partial charge is 0.215 e. The maximum Gasteiger partial charge on any atom is 0.215 e. The average Bonchev–Trinajstić information content (AvgIpc) is 2.55. The zero-order chi connectivity index (χ0) is 18.3. The molecule has 0 aromatic heterocycles. The standard InChI is InChI=1S/C17H34N4O3S.HI/c1-15(2)13-17(5-4-6-17)14-20-16(18-3)19-7-12-25(22,23)21-8-10-24-11-9-21;/h15H,4-14H2,1-3H3,(H2,18,19,20);1H. The van der Waals surface area contributed by atoms with Crippen LogP contribution in [0.2, 0.25) is 0 Å². The fourth-order valence-corrected chi connectivity index (χ4v) is 5.06. The van der Waals surface area contributed by atoms with E-state index in [0.717, 1.165) is 6.54 Å². The molecule has 9 heteroatoms. The number of hydrogen-bond donors (Lipinski definition) is 2. The van der Waals surface area contributed by atoms with Gasteiger partial charge >= 0.3 is 0 Å². The number of rotatable bonds is 8. The van der Waals surface area contributed by atoms with E-state index in [9.17, 15) is 8.42 Å². The number of aliphatic imine (C=N–C) groups is 1. The highest BCUT2D eigenvalue weighted by Crippen LogP contribution is 2.45. The molecule has 0 radical (unpaired) electrons. The van der Waals surface area contributed by atoms with Gasteiger partial charge in [-0.2, -0.15) is 4.31 Å². The van der Waals surface area contributed by atoms with E-state index in [2.05, 4.69) is 29.5 Å². The summed E-state index contributed by atoms with van der Waals surface area (Å²) in [5.41, 5.74) is 0.381. The summed E-state index contributed by atoms with van der Waals surface area (Å²) in [6, 6.07) is 0. The molecule has 0 aromatic rings. The summed E-state index contributed by atoms with van der Waals surface area (Å²) < 4.78 is 31.4. The summed E-state index contributed by atoms with van der Waals surface area (Å²) in [6.45, 7) is 7.66. The quantitative estimate of drug-likeness (QED) is 0.300. The van der Waals surface area contributed by atoms with Crippen molar-refractivity contribution in [2.75, 3.05) is 52.2 Å². The Kier molecular flexibility index (Phi) is 10.1. The lowest BCUT2D eigenvalue weighted by molar-refractivity contribution is 0.0730. The molecule has 1 saturated heterocycles. The van der Waals surface area contributed by atoms with Crippen LogP contribution in [0.25, 0.3) is 0 Å². The maximum atomic E-state index is 12.3. The van der Waals surface area contributed by atoms with Gasteiger partial charge in [0.1, 0.15) is 0 Å². The molecule has 0 unspecified atom stereocenters. The number of sulfonamides is 1. The zero-order valence-corrected chi connectivity index (χ0v) is 19.4. The van der Waals surface area contributed by atoms with E-state index in [1.54, 1.807) is 7.05 Å². The van der Waals surface area contributed by atoms with E-state index in [-0.39, 0.29) is 29.7 Å². The van der Waals surface area contributed by atoms with Crippen molar-refractivity contribution in [2.45, 2.75) is 39.5 Å². The lowest BCUT2D eigenvalue weighted by Gasteiger charge is -2.43. The monoisotopic (exact) mass is 502 g/mol. The Balaban J connectivity index is 0.00000338. The molecule has 2 aliphatic rings. The first-order chi connectivity index (χ1) is 11.9. The van der Waals surface area contributed by atoms with Crippen molar-refractivity contribution in [1.82, 2.24) is 14.9 Å². The minimum absolute atomic E-state index is 0. The Hall–Kier alpha value is -0.130. The van der Waals surface area contributed by atoms with Crippen LogP contribution in [0.3, 0.4) is 0 Å². The average molecular weight is 502 g/mol. The van der Waals surface area contributed by atoms with Crippen molar-refractivity contribution in [3.05, 3.63) is 0 Å². The maximum absolute atomic E-state index is 12.3. The summed E-state index contributed by atoms with van der Waals surface area (Å²) in [5, 5.41) is 6.53. The largest absolute Gasteiger partial charge is 0.379 e. The summed E-state index contributed by atoms with van der Waals surface area (Å²) in [4.78, 5) is 4.23.